The minimum atomic E-state index is 0.126. The van der Waals surface area contributed by atoms with Gasteiger partial charge in [-0.25, -0.2) is 0 Å². The molecule has 0 aromatic carbocycles. The largest absolute Gasteiger partial charge is 0.396 e. The van der Waals surface area contributed by atoms with E-state index in [-0.39, 0.29) is 11.8 Å². The fraction of sp³-hybridized carbons (Fsp3) is 0.429. The van der Waals surface area contributed by atoms with Gasteiger partial charge in [-0.1, -0.05) is 11.6 Å². The predicted molar refractivity (Wildman–Crippen MR) is 52.0 cm³/mol. The first kappa shape index (κ1) is 10.3. The standard InChI is InChI=1S/C7H8ClN3OS/c8-6-5(4-9)7(13-11-6)10-2-1-3-12/h10,12H,1-3H2. The number of aromatic nitrogens is 1. The maximum atomic E-state index is 8.69. The molecule has 4 nitrogen and oxygen atoms in total. The number of rotatable bonds is 4. The zero-order valence-corrected chi connectivity index (χ0v) is 8.32. The SMILES string of the molecule is N#Cc1c(Cl)nsc1NCCCO. The van der Waals surface area contributed by atoms with E-state index in [0.29, 0.717) is 23.5 Å². The molecule has 13 heavy (non-hydrogen) atoms. The molecule has 0 fully saturated rings. The third-order valence-corrected chi connectivity index (χ3v) is 2.56. The van der Waals surface area contributed by atoms with Crippen molar-refractivity contribution in [2.75, 3.05) is 18.5 Å². The Bertz CT molecular complexity index is 320. The molecule has 1 heterocycles. The van der Waals surface area contributed by atoms with Gasteiger partial charge < -0.3 is 10.4 Å². The van der Waals surface area contributed by atoms with Crippen LogP contribution in [0.2, 0.25) is 5.15 Å². The summed E-state index contributed by atoms with van der Waals surface area (Å²) in [6.45, 7) is 0.741. The van der Waals surface area contributed by atoms with Crippen molar-refractivity contribution in [2.24, 2.45) is 0 Å². The summed E-state index contributed by atoms with van der Waals surface area (Å²) in [7, 11) is 0. The highest BCUT2D eigenvalue weighted by atomic mass is 35.5. The van der Waals surface area contributed by atoms with Crippen LogP contribution in [0.4, 0.5) is 5.00 Å². The Morgan fingerprint density at radius 2 is 2.46 bits per heavy atom. The van der Waals surface area contributed by atoms with Gasteiger partial charge >= 0.3 is 0 Å². The van der Waals surface area contributed by atoms with Crippen LogP contribution in [0.5, 0.6) is 0 Å². The highest BCUT2D eigenvalue weighted by Gasteiger charge is 2.10. The summed E-state index contributed by atoms with van der Waals surface area (Å²) < 4.78 is 3.83. The van der Waals surface area contributed by atoms with E-state index >= 15 is 0 Å². The topological polar surface area (TPSA) is 68.9 Å². The van der Waals surface area contributed by atoms with Crippen LogP contribution in [0.15, 0.2) is 0 Å². The third-order valence-electron chi connectivity index (χ3n) is 1.38. The maximum absolute atomic E-state index is 8.69. The molecule has 0 saturated carbocycles. The highest BCUT2D eigenvalue weighted by Crippen LogP contribution is 2.27. The first-order valence-electron chi connectivity index (χ1n) is 3.69. The summed E-state index contributed by atoms with van der Waals surface area (Å²) in [5, 5.41) is 21.1. The van der Waals surface area contributed by atoms with Gasteiger partial charge in [0.05, 0.1) is 0 Å². The smallest absolute Gasteiger partial charge is 0.162 e. The van der Waals surface area contributed by atoms with E-state index in [9.17, 15) is 0 Å². The van der Waals surface area contributed by atoms with Crippen LogP contribution >= 0.6 is 23.1 Å². The van der Waals surface area contributed by atoms with Crippen LogP contribution in [0.25, 0.3) is 0 Å². The molecular formula is C7H8ClN3OS. The molecule has 0 amide bonds. The van der Waals surface area contributed by atoms with E-state index in [4.69, 9.17) is 22.0 Å². The molecular weight excluding hydrogens is 210 g/mol. The monoisotopic (exact) mass is 217 g/mol. The second-order valence-corrected chi connectivity index (χ2v) is 3.42. The van der Waals surface area contributed by atoms with Gasteiger partial charge in [0.25, 0.3) is 0 Å². The lowest BCUT2D eigenvalue weighted by Gasteiger charge is -2.00. The zero-order valence-electron chi connectivity index (χ0n) is 6.75. The van der Waals surface area contributed by atoms with Crippen LogP contribution < -0.4 is 5.32 Å². The van der Waals surface area contributed by atoms with Gasteiger partial charge in [0.1, 0.15) is 16.6 Å². The molecule has 6 heteroatoms. The number of hydrogen-bond donors (Lipinski definition) is 2. The molecule has 0 aliphatic heterocycles. The average Bonchev–Trinajstić information content (AvgIpc) is 2.47. The van der Waals surface area contributed by atoms with Gasteiger partial charge in [0.15, 0.2) is 5.15 Å². The van der Waals surface area contributed by atoms with Gasteiger partial charge in [0, 0.05) is 13.2 Å². The Morgan fingerprint density at radius 3 is 3.08 bits per heavy atom. The Labute approximate surface area is 84.9 Å². The molecule has 1 aromatic heterocycles. The molecule has 0 radical (unpaired) electrons. The van der Waals surface area contributed by atoms with Crippen molar-refractivity contribution in [1.82, 2.24) is 4.37 Å². The summed E-state index contributed by atoms with van der Waals surface area (Å²) >= 11 is 6.80. The molecule has 70 valence electrons. The van der Waals surface area contributed by atoms with Crippen molar-refractivity contribution in [3.63, 3.8) is 0 Å². The minimum absolute atomic E-state index is 0.126. The average molecular weight is 218 g/mol. The van der Waals surface area contributed by atoms with Gasteiger partial charge in [-0.2, -0.15) is 9.64 Å². The van der Waals surface area contributed by atoms with Crippen LogP contribution in [0, 0.1) is 11.3 Å². The molecule has 1 aromatic rings. The normalized spacial score (nSPS) is 9.62. The highest BCUT2D eigenvalue weighted by molar-refractivity contribution is 7.10. The van der Waals surface area contributed by atoms with E-state index < -0.39 is 0 Å². The number of aliphatic hydroxyl groups excluding tert-OH is 1. The van der Waals surface area contributed by atoms with Crippen LogP contribution in [0.3, 0.4) is 0 Å². The summed E-state index contributed by atoms with van der Waals surface area (Å²) in [5.74, 6) is 0. The fourth-order valence-electron chi connectivity index (χ4n) is 0.769. The van der Waals surface area contributed by atoms with E-state index in [1.165, 1.54) is 0 Å². The van der Waals surface area contributed by atoms with E-state index in [1.54, 1.807) is 0 Å². The van der Waals surface area contributed by atoms with Gasteiger partial charge in [-0.15, -0.1) is 0 Å². The summed E-state index contributed by atoms with van der Waals surface area (Å²) in [5.41, 5.74) is 0.379. The Balaban J connectivity index is 2.62. The van der Waals surface area contributed by atoms with Crippen molar-refractivity contribution in [3.8, 4) is 6.07 Å². The molecule has 1 rings (SSSR count). The molecule has 2 N–H and O–H groups in total. The predicted octanol–water partition coefficient (Wildman–Crippen LogP) is 1.46. The van der Waals surface area contributed by atoms with Crippen molar-refractivity contribution in [2.45, 2.75) is 6.42 Å². The van der Waals surface area contributed by atoms with Crippen LogP contribution in [-0.2, 0) is 0 Å². The Kier molecular flexibility index (Phi) is 3.96. The maximum Gasteiger partial charge on any atom is 0.162 e. The lowest BCUT2D eigenvalue weighted by atomic mass is 10.3. The first-order chi connectivity index (χ1) is 6.29. The number of hydrogen-bond acceptors (Lipinski definition) is 5. The number of nitrogens with one attached hydrogen (secondary N) is 1. The number of nitrogens with zero attached hydrogens (tertiary/aromatic N) is 2. The second-order valence-electron chi connectivity index (χ2n) is 2.29. The van der Waals surface area contributed by atoms with E-state index in [0.717, 1.165) is 11.5 Å². The number of nitriles is 1. The Hall–Kier alpha value is -0.830. The molecule has 0 aliphatic carbocycles. The quantitative estimate of drug-likeness (QED) is 0.750. The molecule has 0 spiro atoms. The lowest BCUT2D eigenvalue weighted by molar-refractivity contribution is 0.292. The lowest BCUT2D eigenvalue weighted by Crippen LogP contribution is -2.02. The number of halogens is 1. The second kappa shape index (κ2) is 5.02. The van der Waals surface area contributed by atoms with Crippen molar-refractivity contribution in [1.29, 1.82) is 5.26 Å². The van der Waals surface area contributed by atoms with Crippen molar-refractivity contribution < 1.29 is 5.11 Å². The van der Waals surface area contributed by atoms with Crippen molar-refractivity contribution >= 4 is 28.1 Å². The van der Waals surface area contributed by atoms with Crippen molar-refractivity contribution in [3.05, 3.63) is 10.7 Å². The zero-order chi connectivity index (χ0) is 9.68. The Morgan fingerprint density at radius 1 is 1.69 bits per heavy atom. The van der Waals surface area contributed by atoms with Gasteiger partial charge in [-0.05, 0) is 18.0 Å². The molecule has 0 aliphatic rings. The molecule has 0 atom stereocenters. The van der Waals surface area contributed by atoms with Crippen LogP contribution in [-0.4, -0.2) is 22.6 Å². The van der Waals surface area contributed by atoms with Gasteiger partial charge in [-0.3, -0.25) is 0 Å². The molecule has 0 bridgehead atoms. The summed E-state index contributed by atoms with van der Waals surface area (Å²) in [4.78, 5) is 0. The minimum Gasteiger partial charge on any atom is -0.396 e. The van der Waals surface area contributed by atoms with Gasteiger partial charge in [0.2, 0.25) is 0 Å². The first-order valence-corrected chi connectivity index (χ1v) is 4.84. The number of aliphatic hydroxyl groups is 1. The summed E-state index contributed by atoms with van der Waals surface area (Å²) in [6.07, 6.45) is 0.639. The van der Waals surface area contributed by atoms with Crippen LogP contribution in [0.1, 0.15) is 12.0 Å². The van der Waals surface area contributed by atoms with E-state index in [2.05, 4.69) is 9.69 Å². The number of anilines is 1. The third kappa shape index (κ3) is 2.56. The fourth-order valence-corrected chi connectivity index (χ4v) is 1.73. The molecule has 0 saturated heterocycles. The van der Waals surface area contributed by atoms with E-state index in [1.807, 2.05) is 6.07 Å². The summed E-state index contributed by atoms with van der Waals surface area (Å²) in [6, 6.07) is 1.96. The molecule has 0 unspecified atom stereocenters.